The molecule has 0 aromatic carbocycles. The van der Waals surface area contributed by atoms with Crippen LogP contribution in [0, 0.1) is 17.3 Å². The second-order valence-corrected chi connectivity index (χ2v) is 5.05. The van der Waals surface area contributed by atoms with Crippen LogP contribution in [-0.4, -0.2) is 11.1 Å². The van der Waals surface area contributed by atoms with E-state index in [1.165, 1.54) is 24.8 Å². The number of carboxylic acid groups (broad SMARTS) is 1. The van der Waals surface area contributed by atoms with Crippen LogP contribution >= 0.6 is 0 Å². The van der Waals surface area contributed by atoms with E-state index >= 15 is 0 Å². The molecule has 0 amide bonds. The van der Waals surface area contributed by atoms with E-state index in [-0.39, 0.29) is 0 Å². The van der Waals surface area contributed by atoms with Crippen molar-refractivity contribution in [2.24, 2.45) is 17.3 Å². The van der Waals surface area contributed by atoms with Gasteiger partial charge in [-0.3, -0.25) is 0 Å². The summed E-state index contributed by atoms with van der Waals surface area (Å²) in [5.74, 6) is 0.902. The molecular formula is C13H20O2. The minimum absolute atomic E-state index is 0.606. The van der Waals surface area contributed by atoms with Crippen LogP contribution in [0.5, 0.6) is 0 Å². The average Bonchev–Trinajstić information content (AvgIpc) is 2.18. The molecule has 1 N–H and O–H groups in total. The molecule has 0 saturated heterocycles. The largest absolute Gasteiger partial charge is 0.478 e. The Morgan fingerprint density at radius 1 is 1.60 bits per heavy atom. The highest BCUT2D eigenvalue weighted by atomic mass is 16.4. The molecule has 2 heteroatoms. The van der Waals surface area contributed by atoms with E-state index in [9.17, 15) is 4.79 Å². The van der Waals surface area contributed by atoms with Crippen LogP contribution in [0.2, 0.25) is 0 Å². The van der Waals surface area contributed by atoms with Gasteiger partial charge in [-0.2, -0.15) is 0 Å². The Bertz CT molecular complexity index is 287. The molecule has 2 nitrogen and oxygen atoms in total. The van der Waals surface area contributed by atoms with Crippen LogP contribution in [-0.2, 0) is 4.79 Å². The Labute approximate surface area is 91.7 Å². The molecule has 0 aromatic heterocycles. The summed E-state index contributed by atoms with van der Waals surface area (Å²) >= 11 is 0. The van der Waals surface area contributed by atoms with Crippen molar-refractivity contribution >= 4 is 5.97 Å². The Kier molecular flexibility index (Phi) is 3.38. The fourth-order valence-corrected chi connectivity index (χ4v) is 2.73. The van der Waals surface area contributed by atoms with Crippen LogP contribution in [0.3, 0.4) is 0 Å². The first-order valence-electron chi connectivity index (χ1n) is 5.42. The van der Waals surface area contributed by atoms with E-state index < -0.39 is 5.97 Å². The number of allylic oxidation sites excluding steroid dienone is 1. The quantitative estimate of drug-likeness (QED) is 0.530. The van der Waals surface area contributed by atoms with Gasteiger partial charge in [0, 0.05) is 6.08 Å². The van der Waals surface area contributed by atoms with Gasteiger partial charge in [-0.25, -0.2) is 4.79 Å². The lowest BCUT2D eigenvalue weighted by molar-refractivity contribution is -0.131. The highest BCUT2D eigenvalue weighted by Gasteiger charge is 2.51. The maximum atomic E-state index is 9.25. The summed E-state index contributed by atoms with van der Waals surface area (Å²) in [5, 5.41) is 7.60. The third kappa shape index (κ3) is 2.31. The number of hydrogen-bond donors (Lipinski definition) is 1. The predicted molar refractivity (Wildman–Crippen MR) is 61.6 cm³/mol. The first-order chi connectivity index (χ1) is 6.89. The number of carbonyl (C=O) groups is 1. The Balaban J connectivity index is 0.000000195. The summed E-state index contributed by atoms with van der Waals surface area (Å²) in [6.07, 6.45) is 4.98. The topological polar surface area (TPSA) is 37.3 Å². The van der Waals surface area contributed by atoms with Crippen LogP contribution < -0.4 is 0 Å². The van der Waals surface area contributed by atoms with Crippen molar-refractivity contribution in [2.45, 2.75) is 33.1 Å². The van der Waals surface area contributed by atoms with Gasteiger partial charge in [-0.15, -0.1) is 0 Å². The Hall–Kier alpha value is -1.05. The summed E-state index contributed by atoms with van der Waals surface area (Å²) in [6, 6.07) is 0. The molecule has 3 aliphatic rings. The highest BCUT2D eigenvalue weighted by Crippen LogP contribution is 2.60. The molecule has 3 fully saturated rings. The molecule has 0 aliphatic heterocycles. The number of hydrogen-bond acceptors (Lipinski definition) is 1. The normalized spacial score (nSPS) is 30.7. The summed E-state index contributed by atoms with van der Waals surface area (Å²) in [5.41, 5.74) is 2.13. The molecule has 0 aromatic rings. The Morgan fingerprint density at radius 2 is 2.13 bits per heavy atom. The lowest BCUT2D eigenvalue weighted by Crippen LogP contribution is -2.48. The van der Waals surface area contributed by atoms with Crippen LogP contribution in [0.4, 0.5) is 0 Å². The van der Waals surface area contributed by atoms with Crippen molar-refractivity contribution in [1.29, 1.82) is 0 Å². The monoisotopic (exact) mass is 208 g/mol. The highest BCUT2D eigenvalue weighted by molar-refractivity contribution is 5.78. The molecular weight excluding hydrogens is 188 g/mol. The zero-order valence-corrected chi connectivity index (χ0v) is 9.62. The van der Waals surface area contributed by atoms with Crippen molar-refractivity contribution < 1.29 is 9.90 Å². The molecule has 2 bridgehead atoms. The Morgan fingerprint density at radius 3 is 2.33 bits per heavy atom. The van der Waals surface area contributed by atoms with Gasteiger partial charge < -0.3 is 5.11 Å². The molecule has 3 rings (SSSR count). The number of aliphatic carboxylic acids is 1. The third-order valence-corrected chi connectivity index (χ3v) is 3.95. The van der Waals surface area contributed by atoms with E-state index in [0.29, 0.717) is 5.41 Å². The smallest absolute Gasteiger partial charge is 0.327 e. The van der Waals surface area contributed by atoms with Crippen molar-refractivity contribution in [3.63, 3.8) is 0 Å². The summed E-state index contributed by atoms with van der Waals surface area (Å²) in [4.78, 5) is 9.25. The van der Waals surface area contributed by atoms with Gasteiger partial charge in [-0.1, -0.05) is 32.6 Å². The van der Waals surface area contributed by atoms with Gasteiger partial charge in [0.25, 0.3) is 0 Å². The summed E-state index contributed by atoms with van der Waals surface area (Å²) in [6.45, 7) is 11.9. The van der Waals surface area contributed by atoms with Gasteiger partial charge in [0.15, 0.2) is 0 Å². The first-order valence-corrected chi connectivity index (χ1v) is 5.42. The van der Waals surface area contributed by atoms with Crippen molar-refractivity contribution in [3.8, 4) is 0 Å². The molecule has 15 heavy (non-hydrogen) atoms. The van der Waals surface area contributed by atoms with E-state index in [2.05, 4.69) is 27.0 Å². The first kappa shape index (κ1) is 12.0. The molecule has 84 valence electrons. The van der Waals surface area contributed by atoms with Gasteiger partial charge >= 0.3 is 5.97 Å². The van der Waals surface area contributed by atoms with Gasteiger partial charge in [-0.05, 0) is 36.5 Å². The zero-order chi connectivity index (χ0) is 11.6. The van der Waals surface area contributed by atoms with Crippen molar-refractivity contribution in [1.82, 2.24) is 0 Å². The zero-order valence-electron chi connectivity index (χ0n) is 9.62. The molecule has 0 radical (unpaired) electrons. The standard InChI is InChI=1S/C10H16.C3H4O2/c1-7-4-5-8-6-9(7)10(8,2)3;1-2-3(4)5/h8-9H,1,4-6H2,2-3H3;2H,1H2,(H,4,5)/t8?,9-;/m0./s1. The minimum atomic E-state index is -0.981. The molecule has 2 atom stereocenters. The summed E-state index contributed by atoms with van der Waals surface area (Å²) in [7, 11) is 0. The minimum Gasteiger partial charge on any atom is -0.478 e. The van der Waals surface area contributed by atoms with Gasteiger partial charge in [0.1, 0.15) is 0 Å². The van der Waals surface area contributed by atoms with Gasteiger partial charge in [0.05, 0.1) is 0 Å². The fraction of sp³-hybridized carbons (Fsp3) is 0.615. The van der Waals surface area contributed by atoms with E-state index in [4.69, 9.17) is 5.11 Å². The molecule has 3 saturated carbocycles. The van der Waals surface area contributed by atoms with Crippen molar-refractivity contribution in [2.75, 3.05) is 0 Å². The van der Waals surface area contributed by atoms with E-state index in [1.807, 2.05) is 0 Å². The van der Waals surface area contributed by atoms with E-state index in [1.54, 1.807) is 0 Å². The maximum Gasteiger partial charge on any atom is 0.327 e. The molecule has 0 heterocycles. The number of rotatable bonds is 1. The maximum absolute atomic E-state index is 9.25. The third-order valence-electron chi connectivity index (χ3n) is 3.95. The van der Waals surface area contributed by atoms with E-state index in [0.717, 1.165) is 17.9 Å². The van der Waals surface area contributed by atoms with Crippen LogP contribution in [0.1, 0.15) is 33.1 Å². The molecule has 1 unspecified atom stereocenters. The second-order valence-electron chi connectivity index (χ2n) is 5.05. The average molecular weight is 208 g/mol. The second kappa shape index (κ2) is 4.21. The molecule has 0 spiro atoms. The van der Waals surface area contributed by atoms with Crippen LogP contribution in [0.25, 0.3) is 0 Å². The lowest BCUT2D eigenvalue weighted by atomic mass is 9.47. The number of carboxylic acids is 1. The summed E-state index contributed by atoms with van der Waals surface area (Å²) < 4.78 is 0. The number of fused-ring (bicyclic) bond motifs is 2. The van der Waals surface area contributed by atoms with Gasteiger partial charge in [0.2, 0.25) is 0 Å². The molecule has 3 aliphatic carbocycles. The van der Waals surface area contributed by atoms with Crippen molar-refractivity contribution in [3.05, 3.63) is 24.8 Å². The fourth-order valence-electron chi connectivity index (χ4n) is 2.73. The lowest BCUT2D eigenvalue weighted by Gasteiger charge is -2.57. The SMILES string of the molecule is C=C1CCC2C[C@@H]1C2(C)C.C=CC(=O)O. The predicted octanol–water partition coefficient (Wildman–Crippen LogP) is 3.26. The van der Waals surface area contributed by atoms with Crippen LogP contribution in [0.15, 0.2) is 24.8 Å².